The minimum absolute atomic E-state index is 0.0386. The van der Waals surface area contributed by atoms with Crippen LogP contribution >= 0.6 is 0 Å². The van der Waals surface area contributed by atoms with Gasteiger partial charge in [-0.3, -0.25) is 9.59 Å². The summed E-state index contributed by atoms with van der Waals surface area (Å²) in [6, 6.07) is 4.41. The zero-order chi connectivity index (χ0) is 27.0. The van der Waals surface area contributed by atoms with Gasteiger partial charge in [-0.1, -0.05) is 6.92 Å². The van der Waals surface area contributed by atoms with Gasteiger partial charge in [-0.25, -0.2) is 18.7 Å². The molecule has 2 aromatic heterocycles. The molecular weight excluding hydrogens is 492 g/mol. The third kappa shape index (κ3) is 5.49. The Morgan fingerprint density at radius 1 is 1.16 bits per heavy atom. The predicted molar refractivity (Wildman–Crippen MR) is 139 cm³/mol. The van der Waals surface area contributed by atoms with Crippen molar-refractivity contribution in [2.24, 2.45) is 11.8 Å². The number of aryl methyl sites for hydroxylation is 1. The number of benzene rings is 1. The molecule has 3 atom stereocenters. The van der Waals surface area contributed by atoms with Gasteiger partial charge in [0.2, 0.25) is 5.91 Å². The van der Waals surface area contributed by atoms with Crippen LogP contribution in [0.5, 0.6) is 5.75 Å². The highest BCUT2D eigenvalue weighted by Gasteiger charge is 2.31. The molecule has 0 bridgehead atoms. The van der Waals surface area contributed by atoms with E-state index in [0.717, 1.165) is 32.1 Å². The van der Waals surface area contributed by atoms with Crippen LogP contribution in [0.4, 0.5) is 8.78 Å². The quantitative estimate of drug-likeness (QED) is 0.380. The number of H-pyrrole nitrogens is 1. The van der Waals surface area contributed by atoms with Gasteiger partial charge in [-0.2, -0.15) is 0 Å². The second kappa shape index (κ2) is 10.7. The number of halogens is 2. The molecule has 38 heavy (non-hydrogen) atoms. The number of rotatable bonds is 8. The van der Waals surface area contributed by atoms with Crippen LogP contribution in [-0.4, -0.2) is 45.5 Å². The highest BCUT2D eigenvalue weighted by molar-refractivity contribution is 6.09. The molecule has 5 rings (SSSR count). The first-order valence-corrected chi connectivity index (χ1v) is 13.2. The van der Waals surface area contributed by atoms with Crippen molar-refractivity contribution in [1.82, 2.24) is 25.6 Å². The highest BCUT2D eigenvalue weighted by atomic mass is 19.3. The van der Waals surface area contributed by atoms with Crippen molar-refractivity contribution in [3.05, 3.63) is 41.3 Å². The van der Waals surface area contributed by atoms with Crippen molar-refractivity contribution in [3.63, 3.8) is 0 Å². The Bertz CT molecular complexity index is 1350. The molecule has 3 aromatic rings. The third-order valence-corrected chi connectivity index (χ3v) is 7.57. The molecule has 2 saturated carbocycles. The van der Waals surface area contributed by atoms with Gasteiger partial charge < -0.3 is 20.4 Å². The monoisotopic (exact) mass is 525 g/mol. The molecule has 1 aromatic carbocycles. The Hall–Kier alpha value is -3.56. The van der Waals surface area contributed by atoms with E-state index in [1.165, 1.54) is 25.4 Å². The summed E-state index contributed by atoms with van der Waals surface area (Å²) in [5.41, 5.74) is 2.68. The summed E-state index contributed by atoms with van der Waals surface area (Å²) < 4.78 is 33.2. The number of aromatic nitrogens is 3. The largest absolute Gasteiger partial charge is 0.493 e. The molecule has 0 saturated heterocycles. The normalized spacial score (nSPS) is 21.5. The van der Waals surface area contributed by atoms with Crippen LogP contribution in [0.15, 0.2) is 24.5 Å². The number of alkyl halides is 2. The second-order valence-corrected chi connectivity index (χ2v) is 10.6. The standard InChI is InChI=1S/C28H33F2N5O3/c1-14-10-19(34-16(3)36)7-8-21(14)35-28(37)23-15(2)33-26-24(31-13-32-25(23)26)20-11-18(27(29)30)6-9-22(20)38-12-17-4-5-17/h6,9,11,13-14,17,19,21,27,33H,4-5,7-8,10,12H2,1-3H3,(H,34,36)(H,35,37). The molecule has 202 valence electrons. The number of nitrogens with one attached hydrogen (secondary N) is 3. The fourth-order valence-corrected chi connectivity index (χ4v) is 5.36. The molecule has 3 N–H and O–H groups in total. The van der Waals surface area contributed by atoms with E-state index in [-0.39, 0.29) is 35.4 Å². The summed E-state index contributed by atoms with van der Waals surface area (Å²) in [5, 5.41) is 6.13. The van der Waals surface area contributed by atoms with Crippen molar-refractivity contribution < 1.29 is 23.1 Å². The van der Waals surface area contributed by atoms with Crippen LogP contribution in [0.2, 0.25) is 0 Å². The van der Waals surface area contributed by atoms with Crippen LogP contribution in [-0.2, 0) is 4.79 Å². The summed E-state index contributed by atoms with van der Waals surface area (Å²) in [5.74, 6) is 0.851. The van der Waals surface area contributed by atoms with E-state index in [9.17, 15) is 18.4 Å². The van der Waals surface area contributed by atoms with Crippen LogP contribution in [0, 0.1) is 18.8 Å². The van der Waals surface area contributed by atoms with Crippen LogP contribution in [0.25, 0.3) is 22.3 Å². The number of aromatic amines is 1. The van der Waals surface area contributed by atoms with Crippen molar-refractivity contribution in [2.75, 3.05) is 6.61 Å². The number of hydrogen-bond acceptors (Lipinski definition) is 5. The first kappa shape index (κ1) is 26.1. The topological polar surface area (TPSA) is 109 Å². The van der Waals surface area contributed by atoms with Crippen molar-refractivity contribution in [1.29, 1.82) is 0 Å². The number of carbonyl (C=O) groups is 2. The first-order chi connectivity index (χ1) is 18.2. The SMILES string of the molecule is CC(=O)NC1CCC(NC(=O)c2c(C)[nH]c3c(-c4cc(C(F)F)ccc4OCC4CC4)ncnc23)C(C)C1. The summed E-state index contributed by atoms with van der Waals surface area (Å²) >= 11 is 0. The average Bonchev–Trinajstić information content (AvgIpc) is 3.63. The number of fused-ring (bicyclic) bond motifs is 1. The lowest BCUT2D eigenvalue weighted by Gasteiger charge is -2.34. The van der Waals surface area contributed by atoms with Gasteiger partial charge >= 0.3 is 0 Å². The Morgan fingerprint density at radius 2 is 1.95 bits per heavy atom. The average molecular weight is 526 g/mol. The van der Waals surface area contributed by atoms with E-state index in [0.29, 0.717) is 51.8 Å². The van der Waals surface area contributed by atoms with Crippen molar-refractivity contribution >= 4 is 22.8 Å². The molecule has 2 heterocycles. The Balaban J connectivity index is 1.44. The van der Waals surface area contributed by atoms with Crippen molar-refractivity contribution in [2.45, 2.75) is 71.4 Å². The molecule has 0 spiro atoms. The number of amides is 2. The van der Waals surface area contributed by atoms with Crippen molar-refractivity contribution in [3.8, 4) is 17.0 Å². The van der Waals surface area contributed by atoms with Gasteiger partial charge in [0.25, 0.3) is 12.3 Å². The second-order valence-electron chi connectivity index (χ2n) is 10.6. The fraction of sp³-hybridized carbons (Fsp3) is 0.500. The summed E-state index contributed by atoms with van der Waals surface area (Å²) in [6.07, 6.45) is 3.24. The lowest BCUT2D eigenvalue weighted by Crippen LogP contribution is -2.47. The number of hydrogen-bond donors (Lipinski definition) is 3. The maximum atomic E-state index is 13.6. The zero-order valence-corrected chi connectivity index (χ0v) is 21.8. The van der Waals surface area contributed by atoms with Crippen LogP contribution in [0.1, 0.15) is 74.0 Å². The molecule has 2 aliphatic carbocycles. The van der Waals surface area contributed by atoms with Gasteiger partial charge in [-0.15, -0.1) is 0 Å². The molecule has 2 aliphatic rings. The van der Waals surface area contributed by atoms with E-state index in [1.54, 1.807) is 13.0 Å². The van der Waals surface area contributed by atoms with Crippen LogP contribution < -0.4 is 15.4 Å². The van der Waals surface area contributed by atoms with Crippen LogP contribution in [0.3, 0.4) is 0 Å². The van der Waals surface area contributed by atoms with E-state index >= 15 is 0 Å². The van der Waals surface area contributed by atoms with E-state index in [2.05, 4.69) is 32.5 Å². The fourth-order valence-electron chi connectivity index (χ4n) is 5.36. The van der Waals surface area contributed by atoms with Gasteiger partial charge in [0, 0.05) is 35.8 Å². The number of carbonyl (C=O) groups excluding carboxylic acids is 2. The summed E-state index contributed by atoms with van der Waals surface area (Å²) in [6.45, 7) is 5.90. The molecular formula is C28H33F2N5O3. The molecule has 2 amide bonds. The van der Waals surface area contributed by atoms with Gasteiger partial charge in [0.15, 0.2) is 0 Å². The Morgan fingerprint density at radius 3 is 2.63 bits per heavy atom. The van der Waals surface area contributed by atoms with Gasteiger partial charge in [0.05, 0.1) is 17.7 Å². The van der Waals surface area contributed by atoms with Gasteiger partial charge in [0.1, 0.15) is 23.3 Å². The maximum Gasteiger partial charge on any atom is 0.263 e. The molecule has 2 fully saturated rings. The Kier molecular flexibility index (Phi) is 7.32. The third-order valence-electron chi connectivity index (χ3n) is 7.57. The molecule has 0 aliphatic heterocycles. The molecule has 10 heteroatoms. The molecule has 0 radical (unpaired) electrons. The maximum absolute atomic E-state index is 13.6. The Labute approximate surface area is 220 Å². The lowest BCUT2D eigenvalue weighted by atomic mass is 9.82. The van der Waals surface area contributed by atoms with E-state index in [1.807, 2.05) is 0 Å². The van der Waals surface area contributed by atoms with E-state index < -0.39 is 6.43 Å². The molecule has 3 unspecified atom stereocenters. The zero-order valence-electron chi connectivity index (χ0n) is 21.8. The minimum Gasteiger partial charge on any atom is -0.493 e. The lowest BCUT2D eigenvalue weighted by molar-refractivity contribution is -0.120. The minimum atomic E-state index is -2.64. The summed E-state index contributed by atoms with van der Waals surface area (Å²) in [7, 11) is 0. The smallest absolute Gasteiger partial charge is 0.263 e. The first-order valence-electron chi connectivity index (χ1n) is 13.2. The van der Waals surface area contributed by atoms with E-state index in [4.69, 9.17) is 4.74 Å². The summed E-state index contributed by atoms with van der Waals surface area (Å²) in [4.78, 5) is 36.9. The number of ether oxygens (including phenoxy) is 1. The number of nitrogens with zero attached hydrogens (tertiary/aromatic N) is 2. The predicted octanol–water partition coefficient (Wildman–Crippen LogP) is 5.08. The van der Waals surface area contributed by atoms with Gasteiger partial charge in [-0.05, 0) is 69.1 Å². The highest BCUT2D eigenvalue weighted by Crippen LogP contribution is 2.38. The molecule has 8 nitrogen and oxygen atoms in total.